The third-order valence-electron chi connectivity index (χ3n) is 1.67. The summed E-state index contributed by atoms with van der Waals surface area (Å²) in [6.45, 7) is 10.4. The smallest absolute Gasteiger partial charge is 0.294 e. The Morgan fingerprint density at radius 3 is 2.38 bits per heavy atom. The summed E-state index contributed by atoms with van der Waals surface area (Å²) >= 11 is 0. The first-order chi connectivity index (χ1) is 5.89. The van der Waals surface area contributed by atoms with Crippen molar-refractivity contribution in [1.82, 2.24) is 9.97 Å². The summed E-state index contributed by atoms with van der Waals surface area (Å²) in [5.74, 6) is 0. The number of aromatic amines is 1. The lowest BCUT2D eigenvalue weighted by Crippen LogP contribution is -2.12. The summed E-state index contributed by atoms with van der Waals surface area (Å²) in [5, 5.41) is 0. The van der Waals surface area contributed by atoms with Gasteiger partial charge in [-0.1, -0.05) is 20.8 Å². The SMILES string of the molecule is CC(C)Oc1nc(C(C)(C)C)c[nH]1. The van der Waals surface area contributed by atoms with E-state index in [0.717, 1.165) is 5.69 Å². The zero-order valence-corrected chi connectivity index (χ0v) is 9.01. The molecule has 0 aliphatic carbocycles. The Labute approximate surface area is 79.5 Å². The van der Waals surface area contributed by atoms with E-state index in [1.54, 1.807) is 0 Å². The first kappa shape index (κ1) is 10.1. The first-order valence-electron chi connectivity index (χ1n) is 4.62. The summed E-state index contributed by atoms with van der Waals surface area (Å²) in [7, 11) is 0. The molecule has 0 fully saturated rings. The number of aromatic nitrogens is 2. The van der Waals surface area contributed by atoms with Crippen molar-refractivity contribution in [1.29, 1.82) is 0 Å². The highest BCUT2D eigenvalue weighted by Crippen LogP contribution is 2.21. The minimum Gasteiger partial charge on any atom is -0.462 e. The Morgan fingerprint density at radius 2 is 2.00 bits per heavy atom. The second-order valence-corrected chi connectivity index (χ2v) is 4.51. The third kappa shape index (κ3) is 2.76. The lowest BCUT2D eigenvalue weighted by Gasteiger charge is -2.13. The van der Waals surface area contributed by atoms with Gasteiger partial charge in [-0.3, -0.25) is 0 Å². The quantitative estimate of drug-likeness (QED) is 0.763. The van der Waals surface area contributed by atoms with Crippen LogP contribution < -0.4 is 4.74 Å². The van der Waals surface area contributed by atoms with E-state index in [1.165, 1.54) is 0 Å². The van der Waals surface area contributed by atoms with E-state index in [2.05, 4.69) is 30.7 Å². The van der Waals surface area contributed by atoms with Gasteiger partial charge in [0.05, 0.1) is 11.8 Å². The van der Waals surface area contributed by atoms with E-state index in [-0.39, 0.29) is 11.5 Å². The monoisotopic (exact) mass is 182 g/mol. The second-order valence-electron chi connectivity index (χ2n) is 4.51. The van der Waals surface area contributed by atoms with Gasteiger partial charge in [-0.05, 0) is 13.8 Å². The molecule has 0 atom stereocenters. The zero-order valence-electron chi connectivity index (χ0n) is 9.01. The van der Waals surface area contributed by atoms with E-state index in [9.17, 15) is 0 Å². The molecule has 0 saturated carbocycles. The Kier molecular flexibility index (Phi) is 2.64. The minimum absolute atomic E-state index is 0.0785. The summed E-state index contributed by atoms with van der Waals surface area (Å²) in [6.07, 6.45) is 2.07. The maximum absolute atomic E-state index is 5.42. The van der Waals surface area contributed by atoms with Gasteiger partial charge in [0.25, 0.3) is 6.01 Å². The molecule has 0 spiro atoms. The molecule has 0 saturated heterocycles. The lowest BCUT2D eigenvalue weighted by molar-refractivity contribution is 0.223. The Hall–Kier alpha value is -0.990. The maximum Gasteiger partial charge on any atom is 0.294 e. The van der Waals surface area contributed by atoms with Crippen molar-refractivity contribution >= 4 is 0 Å². The summed E-state index contributed by atoms with van der Waals surface area (Å²) < 4.78 is 5.42. The number of rotatable bonds is 2. The van der Waals surface area contributed by atoms with Gasteiger partial charge >= 0.3 is 0 Å². The Morgan fingerprint density at radius 1 is 1.38 bits per heavy atom. The average molecular weight is 182 g/mol. The zero-order chi connectivity index (χ0) is 10.1. The van der Waals surface area contributed by atoms with Crippen LogP contribution in [0.2, 0.25) is 0 Å². The van der Waals surface area contributed by atoms with Crippen LogP contribution in [-0.4, -0.2) is 16.1 Å². The molecule has 0 unspecified atom stereocenters. The van der Waals surface area contributed by atoms with E-state index in [4.69, 9.17) is 4.74 Å². The summed E-state index contributed by atoms with van der Waals surface area (Å²) in [6, 6.07) is 0.611. The Bertz CT molecular complexity index is 271. The van der Waals surface area contributed by atoms with Crippen LogP contribution in [0.15, 0.2) is 6.20 Å². The molecule has 0 bridgehead atoms. The van der Waals surface area contributed by atoms with Gasteiger partial charge < -0.3 is 9.72 Å². The maximum atomic E-state index is 5.42. The van der Waals surface area contributed by atoms with Crippen LogP contribution in [0.4, 0.5) is 0 Å². The molecular weight excluding hydrogens is 164 g/mol. The summed E-state index contributed by atoms with van der Waals surface area (Å²) in [5.41, 5.74) is 1.11. The van der Waals surface area contributed by atoms with Crippen molar-refractivity contribution in [2.24, 2.45) is 0 Å². The molecule has 1 aromatic heterocycles. The molecule has 1 rings (SSSR count). The number of hydrogen-bond acceptors (Lipinski definition) is 2. The van der Waals surface area contributed by atoms with Crippen molar-refractivity contribution in [3.05, 3.63) is 11.9 Å². The molecule has 13 heavy (non-hydrogen) atoms. The highest BCUT2D eigenvalue weighted by Gasteiger charge is 2.17. The van der Waals surface area contributed by atoms with E-state index >= 15 is 0 Å². The van der Waals surface area contributed by atoms with Crippen molar-refractivity contribution in [3.63, 3.8) is 0 Å². The van der Waals surface area contributed by atoms with Crippen molar-refractivity contribution in [3.8, 4) is 6.01 Å². The summed E-state index contributed by atoms with van der Waals surface area (Å²) in [4.78, 5) is 7.35. The number of imidazole rings is 1. The third-order valence-corrected chi connectivity index (χ3v) is 1.67. The van der Waals surface area contributed by atoms with Crippen molar-refractivity contribution in [2.75, 3.05) is 0 Å². The van der Waals surface area contributed by atoms with Gasteiger partial charge in [0.1, 0.15) is 0 Å². The van der Waals surface area contributed by atoms with E-state index in [0.29, 0.717) is 6.01 Å². The predicted molar refractivity (Wildman–Crippen MR) is 53.1 cm³/mol. The molecule has 0 aromatic carbocycles. The molecule has 1 N–H and O–H groups in total. The largest absolute Gasteiger partial charge is 0.462 e. The van der Waals surface area contributed by atoms with E-state index < -0.39 is 0 Å². The predicted octanol–water partition coefficient (Wildman–Crippen LogP) is 2.49. The van der Waals surface area contributed by atoms with Crippen LogP contribution in [-0.2, 0) is 5.41 Å². The number of H-pyrrole nitrogens is 1. The van der Waals surface area contributed by atoms with Crippen LogP contribution in [0.1, 0.15) is 40.3 Å². The van der Waals surface area contributed by atoms with Gasteiger partial charge in [0, 0.05) is 11.6 Å². The standard InChI is InChI=1S/C10H18N2O/c1-7(2)13-9-11-6-8(12-9)10(3,4)5/h6-7H,1-5H3,(H,11,12). The molecule has 0 radical (unpaired) electrons. The fourth-order valence-electron chi connectivity index (χ4n) is 0.972. The molecule has 74 valence electrons. The highest BCUT2D eigenvalue weighted by atomic mass is 16.5. The van der Waals surface area contributed by atoms with Crippen molar-refractivity contribution < 1.29 is 4.74 Å². The minimum atomic E-state index is 0.0785. The number of nitrogens with one attached hydrogen (secondary N) is 1. The van der Waals surface area contributed by atoms with Gasteiger partial charge in [0.15, 0.2) is 0 Å². The van der Waals surface area contributed by atoms with Crippen LogP contribution >= 0.6 is 0 Å². The Balaban J connectivity index is 2.75. The van der Waals surface area contributed by atoms with Crippen LogP contribution in [0.3, 0.4) is 0 Å². The van der Waals surface area contributed by atoms with E-state index in [1.807, 2.05) is 20.0 Å². The molecule has 3 heteroatoms. The number of hydrogen-bond donors (Lipinski definition) is 1. The van der Waals surface area contributed by atoms with Gasteiger partial charge in [-0.15, -0.1) is 0 Å². The van der Waals surface area contributed by atoms with Gasteiger partial charge in [-0.2, -0.15) is 4.98 Å². The van der Waals surface area contributed by atoms with Crippen LogP contribution in [0, 0.1) is 0 Å². The fraction of sp³-hybridized carbons (Fsp3) is 0.700. The topological polar surface area (TPSA) is 37.9 Å². The van der Waals surface area contributed by atoms with Gasteiger partial charge in [-0.25, -0.2) is 0 Å². The van der Waals surface area contributed by atoms with Crippen LogP contribution in [0.25, 0.3) is 0 Å². The molecule has 0 amide bonds. The number of ether oxygens (including phenoxy) is 1. The van der Waals surface area contributed by atoms with Gasteiger partial charge in [0.2, 0.25) is 0 Å². The molecule has 1 aromatic rings. The molecule has 0 aliphatic heterocycles. The highest BCUT2D eigenvalue weighted by molar-refractivity contribution is 5.13. The average Bonchev–Trinajstić information content (AvgIpc) is 2.32. The second kappa shape index (κ2) is 3.40. The lowest BCUT2D eigenvalue weighted by atomic mass is 9.93. The molecule has 1 heterocycles. The number of nitrogens with zero attached hydrogens (tertiary/aromatic N) is 1. The normalized spacial score (nSPS) is 12.2. The molecule has 0 aliphatic rings. The van der Waals surface area contributed by atoms with Crippen LogP contribution in [0.5, 0.6) is 6.01 Å². The van der Waals surface area contributed by atoms with Crippen molar-refractivity contribution in [2.45, 2.75) is 46.1 Å². The molecule has 3 nitrogen and oxygen atoms in total. The molecular formula is C10H18N2O. The first-order valence-corrected chi connectivity index (χ1v) is 4.62. The fourth-order valence-corrected chi connectivity index (χ4v) is 0.972.